The van der Waals surface area contributed by atoms with Crippen molar-refractivity contribution in [1.29, 1.82) is 0 Å². The van der Waals surface area contributed by atoms with Gasteiger partial charge in [-0.15, -0.1) is 104 Å². The molecule has 15 aromatic carbocycles. The van der Waals surface area contributed by atoms with Crippen molar-refractivity contribution in [3.8, 4) is 33.4 Å². The van der Waals surface area contributed by atoms with Gasteiger partial charge in [0.15, 0.2) is 0 Å². The molecular weight excluding hydrogens is 1060 g/mol. The fraction of sp³-hybridized carbons (Fsp3) is 0.0800. The van der Waals surface area contributed by atoms with Gasteiger partial charge in [-0.05, 0) is 119 Å². The smallest absolute Gasteiger partial charge is 1.00 e. The van der Waals surface area contributed by atoms with E-state index >= 15 is 0 Å². The van der Waals surface area contributed by atoms with Crippen molar-refractivity contribution in [2.24, 2.45) is 0 Å². The maximum absolute atomic E-state index is 2.36. The van der Waals surface area contributed by atoms with Gasteiger partial charge < -0.3 is 24.8 Å². The fourth-order valence-corrected chi connectivity index (χ4v) is 12.0. The second kappa shape index (κ2) is 23.2. The Labute approximate surface area is 489 Å². The molecule has 0 aliphatic heterocycles. The molecule has 0 spiro atoms. The summed E-state index contributed by atoms with van der Waals surface area (Å²) in [4.78, 5) is 0. The van der Waals surface area contributed by atoms with Gasteiger partial charge in [-0.1, -0.05) is 201 Å². The maximum Gasteiger partial charge on any atom is 2.00 e. The van der Waals surface area contributed by atoms with Gasteiger partial charge in [-0.3, -0.25) is 0 Å². The van der Waals surface area contributed by atoms with Crippen LogP contribution in [0.2, 0.25) is 0 Å². The average molecular weight is 1120 g/mol. The van der Waals surface area contributed by atoms with E-state index in [9.17, 15) is 0 Å². The molecule has 0 nitrogen and oxygen atoms in total. The van der Waals surface area contributed by atoms with Crippen LogP contribution in [-0.2, 0) is 45.5 Å². The molecule has 78 heavy (non-hydrogen) atoms. The quantitative estimate of drug-likeness (QED) is 0.115. The molecule has 0 bridgehead atoms. The number of hydrogen-bond donors (Lipinski definition) is 0. The zero-order valence-corrected chi connectivity index (χ0v) is 48.1. The van der Waals surface area contributed by atoms with E-state index in [0.717, 1.165) is 19.3 Å². The van der Waals surface area contributed by atoms with Gasteiger partial charge in [0.25, 0.3) is 0 Å². The average Bonchev–Trinajstić information content (AvgIpc) is 4.34. The van der Waals surface area contributed by atoms with Gasteiger partial charge in [0.2, 0.25) is 0 Å². The van der Waals surface area contributed by atoms with Crippen LogP contribution in [0.5, 0.6) is 0 Å². The number of fused-ring (bicyclic) bond motifs is 12. The van der Waals surface area contributed by atoms with Crippen LogP contribution in [0.1, 0.15) is 37.5 Å². The second-order valence-electron chi connectivity index (χ2n) is 20.1. The molecule has 3 heteroatoms. The second-order valence-corrected chi connectivity index (χ2v) is 20.1. The van der Waals surface area contributed by atoms with Gasteiger partial charge in [0, 0.05) is 0 Å². The molecule has 0 atom stereocenters. The SMILES string of the molecule is CCc1cc2c(-c3cc4ccccc4c4ccccc34)cccc2[cH-]1.CCc1cc2c(-c3cc4ccccc4c4ccccc34)cccc2[cH-]1.CCc1cc2c(-c3cc4ccccc4c4ccccc34)cccc2[cH-]1.[Cl-].[Cl-].[Zr+2]. The molecule has 0 saturated heterocycles. The molecule has 0 aliphatic carbocycles. The molecular formula is C75H57Cl2Zr-3. The van der Waals surface area contributed by atoms with Crippen LogP contribution in [0.25, 0.3) is 130 Å². The third-order valence-electron chi connectivity index (χ3n) is 15.8. The summed E-state index contributed by atoms with van der Waals surface area (Å²) in [5, 5.41) is 23.9. The minimum atomic E-state index is 0. The molecule has 15 aromatic rings. The minimum Gasteiger partial charge on any atom is -1.00 e. The fourth-order valence-electron chi connectivity index (χ4n) is 12.0. The van der Waals surface area contributed by atoms with Crippen molar-refractivity contribution >= 4 is 97.0 Å². The summed E-state index contributed by atoms with van der Waals surface area (Å²) >= 11 is 0. The molecule has 0 saturated carbocycles. The van der Waals surface area contributed by atoms with Crippen molar-refractivity contribution in [3.63, 3.8) is 0 Å². The summed E-state index contributed by atoms with van der Waals surface area (Å²) in [5.41, 5.74) is 12.2. The standard InChI is InChI=1S/3C25H19.2ClH.Zr/c3*1-2-17-14-18-9-7-13-23(24(18)15-17)25-16-19-8-3-4-10-20(19)21-11-5-6-12-22(21)25;;;/h3*3-16H,2H2,1H3;2*1H;/q3*-1;;;+2/p-2. The molecule has 0 heterocycles. The Morgan fingerprint density at radius 1 is 0.231 bits per heavy atom. The zero-order valence-electron chi connectivity index (χ0n) is 44.1. The van der Waals surface area contributed by atoms with Crippen molar-refractivity contribution < 1.29 is 51.0 Å². The van der Waals surface area contributed by atoms with E-state index in [-0.39, 0.29) is 51.0 Å². The number of benzene rings is 12. The molecule has 378 valence electrons. The largest absolute Gasteiger partial charge is 2.00 e. The van der Waals surface area contributed by atoms with Crippen LogP contribution >= 0.6 is 0 Å². The number of hydrogen-bond acceptors (Lipinski definition) is 0. The Hall–Kier alpha value is -7.51. The first-order valence-electron chi connectivity index (χ1n) is 26.8. The predicted octanol–water partition coefficient (Wildman–Crippen LogP) is 15.3. The Balaban J connectivity index is 0.000000130. The monoisotopic (exact) mass is 1120 g/mol. The Morgan fingerprint density at radius 2 is 0.474 bits per heavy atom. The van der Waals surface area contributed by atoms with Crippen LogP contribution in [0.15, 0.2) is 255 Å². The minimum absolute atomic E-state index is 0. The molecule has 0 unspecified atom stereocenters. The van der Waals surface area contributed by atoms with Gasteiger partial charge in [0.1, 0.15) is 0 Å². The molecule has 0 aliphatic rings. The third-order valence-corrected chi connectivity index (χ3v) is 15.8. The summed E-state index contributed by atoms with van der Waals surface area (Å²) in [7, 11) is 0. The van der Waals surface area contributed by atoms with Crippen LogP contribution in [-0.4, -0.2) is 0 Å². The van der Waals surface area contributed by atoms with Crippen molar-refractivity contribution in [2.45, 2.75) is 40.0 Å². The first-order chi connectivity index (χ1) is 37.0. The Bertz CT molecular complexity index is 4150. The maximum atomic E-state index is 2.36. The number of halogens is 2. The summed E-state index contributed by atoms with van der Waals surface area (Å²) < 4.78 is 0. The van der Waals surface area contributed by atoms with Crippen molar-refractivity contribution in [1.82, 2.24) is 0 Å². The zero-order chi connectivity index (χ0) is 50.4. The van der Waals surface area contributed by atoms with Crippen molar-refractivity contribution in [3.05, 3.63) is 271 Å². The first-order valence-corrected chi connectivity index (χ1v) is 26.8. The van der Waals surface area contributed by atoms with Crippen LogP contribution < -0.4 is 24.8 Å². The topological polar surface area (TPSA) is 0 Å². The normalized spacial score (nSPS) is 11.1. The van der Waals surface area contributed by atoms with Gasteiger partial charge in [0.05, 0.1) is 0 Å². The molecule has 15 rings (SSSR count). The molecule has 0 aromatic heterocycles. The summed E-state index contributed by atoms with van der Waals surface area (Å²) in [6.07, 6.45) is 3.23. The summed E-state index contributed by atoms with van der Waals surface area (Å²) in [6, 6.07) is 93.5. The first kappa shape index (κ1) is 53.9. The van der Waals surface area contributed by atoms with Gasteiger partial charge in [-0.2, -0.15) is 18.2 Å². The van der Waals surface area contributed by atoms with E-state index < -0.39 is 0 Å². The van der Waals surface area contributed by atoms with E-state index in [1.165, 1.54) is 147 Å². The molecule has 0 radical (unpaired) electrons. The van der Waals surface area contributed by atoms with Crippen molar-refractivity contribution in [2.75, 3.05) is 0 Å². The molecule has 0 N–H and O–H groups in total. The molecule has 0 fully saturated rings. The Morgan fingerprint density at radius 3 is 0.744 bits per heavy atom. The summed E-state index contributed by atoms with van der Waals surface area (Å²) in [6.45, 7) is 6.66. The molecule has 0 amide bonds. The van der Waals surface area contributed by atoms with E-state index in [1.54, 1.807) is 0 Å². The summed E-state index contributed by atoms with van der Waals surface area (Å²) in [5.74, 6) is 0. The van der Waals surface area contributed by atoms with E-state index in [1.807, 2.05) is 0 Å². The number of aryl methyl sites for hydroxylation is 3. The third kappa shape index (κ3) is 9.79. The van der Waals surface area contributed by atoms with Gasteiger partial charge >= 0.3 is 26.2 Å². The van der Waals surface area contributed by atoms with E-state index in [0.29, 0.717) is 0 Å². The van der Waals surface area contributed by atoms with E-state index in [4.69, 9.17) is 0 Å². The van der Waals surface area contributed by atoms with E-state index in [2.05, 4.69) is 276 Å². The number of rotatable bonds is 6. The predicted molar refractivity (Wildman–Crippen MR) is 328 cm³/mol. The van der Waals surface area contributed by atoms with Crippen LogP contribution in [0, 0.1) is 0 Å². The Kier molecular flexibility index (Phi) is 16.0. The van der Waals surface area contributed by atoms with Crippen LogP contribution in [0.3, 0.4) is 0 Å². The van der Waals surface area contributed by atoms with Crippen LogP contribution in [0.4, 0.5) is 0 Å². The van der Waals surface area contributed by atoms with Gasteiger partial charge in [-0.25, -0.2) is 0 Å².